The van der Waals surface area contributed by atoms with Crippen molar-refractivity contribution in [3.63, 3.8) is 0 Å². The molecule has 0 heterocycles. The van der Waals surface area contributed by atoms with E-state index in [0.29, 0.717) is 29.5 Å². The molecule has 1 aliphatic carbocycles. The molecule has 0 aliphatic heterocycles. The third-order valence-electron chi connectivity index (χ3n) is 4.25. The molecule has 0 amide bonds. The first-order valence-electron chi connectivity index (χ1n) is 8.01. The first-order valence-corrected chi connectivity index (χ1v) is 8.01. The summed E-state index contributed by atoms with van der Waals surface area (Å²) in [6, 6.07) is 6.41. The van der Waals surface area contributed by atoms with Gasteiger partial charge in [0.2, 0.25) is 0 Å². The molecule has 0 radical (unpaired) electrons. The van der Waals surface area contributed by atoms with Crippen LogP contribution in [-0.4, -0.2) is 44.3 Å². The topological polar surface area (TPSA) is 149 Å². The number of fused-ring (bicyclic) bond motifs is 1. The van der Waals surface area contributed by atoms with Gasteiger partial charge in [-0.05, 0) is 59.9 Å². The Morgan fingerprint density at radius 2 is 1.21 bits per heavy atom. The molecule has 0 saturated carbocycles. The summed E-state index contributed by atoms with van der Waals surface area (Å²) in [5, 5.41) is 35.0. The quantitative estimate of drug-likeness (QED) is 0.615. The van der Waals surface area contributed by atoms with Crippen LogP contribution in [0.1, 0.15) is 58.1 Å². The van der Waals surface area contributed by atoms with E-state index in [-0.39, 0.29) is 22.3 Å². The van der Waals surface area contributed by atoms with Gasteiger partial charge in [-0.1, -0.05) is 12.7 Å². The largest absolute Gasteiger partial charge is 0.478 e. The van der Waals surface area contributed by atoms with E-state index in [1.165, 1.54) is 36.4 Å². The lowest BCUT2D eigenvalue weighted by molar-refractivity contribution is 0.0677. The van der Waals surface area contributed by atoms with E-state index in [9.17, 15) is 19.2 Å². The van der Waals surface area contributed by atoms with Crippen molar-refractivity contribution < 1.29 is 39.6 Å². The molecule has 2 aromatic rings. The van der Waals surface area contributed by atoms with Gasteiger partial charge in [0.25, 0.3) is 0 Å². The van der Waals surface area contributed by atoms with Crippen molar-refractivity contribution in [3.05, 3.63) is 75.9 Å². The summed E-state index contributed by atoms with van der Waals surface area (Å²) in [5.41, 5.74) is 2.23. The van der Waals surface area contributed by atoms with Crippen LogP contribution in [0, 0.1) is 0 Å². The van der Waals surface area contributed by atoms with E-state index >= 15 is 0 Å². The van der Waals surface area contributed by atoms with E-state index < -0.39 is 23.9 Å². The average Bonchev–Trinajstić information content (AvgIpc) is 2.62. The Kier molecular flexibility index (Phi) is 5.95. The van der Waals surface area contributed by atoms with Gasteiger partial charge in [-0.3, -0.25) is 0 Å². The van der Waals surface area contributed by atoms with Crippen molar-refractivity contribution in [3.8, 4) is 0 Å². The molecule has 0 bridgehead atoms. The maximum Gasteiger partial charge on any atom is 0.336 e. The summed E-state index contributed by atoms with van der Waals surface area (Å²) in [4.78, 5) is 42.7. The minimum Gasteiger partial charge on any atom is -0.478 e. The normalized spacial score (nSPS) is 11.1. The predicted octanol–water partition coefficient (Wildman–Crippen LogP) is 2.91. The van der Waals surface area contributed by atoms with Crippen LogP contribution in [-0.2, 0) is 12.8 Å². The van der Waals surface area contributed by atoms with Crippen LogP contribution in [0.5, 0.6) is 0 Å². The van der Waals surface area contributed by atoms with Crippen molar-refractivity contribution >= 4 is 30.0 Å². The first-order chi connectivity index (χ1) is 13.2. The number of carboxylic acids is 4. The molecule has 8 nitrogen and oxygen atoms in total. The Labute approximate surface area is 159 Å². The number of carboxylic acid groups (broad SMARTS) is 4. The molecule has 0 atom stereocenters. The van der Waals surface area contributed by atoms with Crippen molar-refractivity contribution in [1.29, 1.82) is 0 Å². The van der Waals surface area contributed by atoms with Gasteiger partial charge in [-0.2, -0.15) is 0 Å². The van der Waals surface area contributed by atoms with Crippen molar-refractivity contribution in [2.45, 2.75) is 12.8 Å². The maximum absolute atomic E-state index is 11.1. The SMILES string of the molecule is C=Cc1cc(C(=O)O)c2c(c1C(=O)O)CC2.O=C(O)c1ccc(C(=O)O)cc1. The van der Waals surface area contributed by atoms with Crippen LogP contribution < -0.4 is 0 Å². The van der Waals surface area contributed by atoms with Crippen LogP contribution in [0.4, 0.5) is 0 Å². The summed E-state index contributed by atoms with van der Waals surface area (Å²) in [5.74, 6) is -4.17. The van der Waals surface area contributed by atoms with Gasteiger partial charge in [0.1, 0.15) is 0 Å². The summed E-state index contributed by atoms with van der Waals surface area (Å²) in [7, 11) is 0. The summed E-state index contributed by atoms with van der Waals surface area (Å²) < 4.78 is 0. The second-order valence-electron chi connectivity index (χ2n) is 5.85. The summed E-state index contributed by atoms with van der Waals surface area (Å²) >= 11 is 0. The molecule has 0 unspecified atom stereocenters. The molecule has 0 saturated heterocycles. The Morgan fingerprint density at radius 3 is 1.50 bits per heavy atom. The standard InChI is InChI=1S/C12H10O4.C8H6O4/c1-2-6-5-9(11(13)14)7-3-4-8(7)10(6)12(15)16;9-7(10)5-1-2-6(4-3-5)8(11)12/h2,5H,1,3-4H2,(H,13,14)(H,15,16);1-4H,(H,9,10)(H,11,12). The summed E-state index contributed by atoms with van der Waals surface area (Å²) in [6.45, 7) is 3.51. The van der Waals surface area contributed by atoms with Gasteiger partial charge < -0.3 is 20.4 Å². The average molecular weight is 384 g/mol. The Bertz CT molecular complexity index is 953. The van der Waals surface area contributed by atoms with Gasteiger partial charge >= 0.3 is 23.9 Å². The molecule has 144 valence electrons. The van der Waals surface area contributed by atoms with E-state index in [2.05, 4.69) is 6.58 Å². The lowest BCUT2D eigenvalue weighted by atomic mass is 9.79. The fourth-order valence-corrected chi connectivity index (χ4v) is 2.80. The molecule has 2 aromatic carbocycles. The van der Waals surface area contributed by atoms with Gasteiger partial charge in [0, 0.05) is 0 Å². The Balaban J connectivity index is 0.000000209. The number of benzene rings is 2. The molecule has 4 N–H and O–H groups in total. The molecule has 3 rings (SSSR count). The smallest absolute Gasteiger partial charge is 0.336 e. The molecule has 0 spiro atoms. The van der Waals surface area contributed by atoms with E-state index in [1.807, 2.05) is 0 Å². The predicted molar refractivity (Wildman–Crippen MR) is 98.2 cm³/mol. The second-order valence-corrected chi connectivity index (χ2v) is 5.85. The van der Waals surface area contributed by atoms with E-state index in [1.54, 1.807) is 0 Å². The molecule has 0 fully saturated rings. The molecule has 1 aliphatic rings. The number of rotatable bonds is 5. The Morgan fingerprint density at radius 1 is 0.750 bits per heavy atom. The highest BCUT2D eigenvalue weighted by Gasteiger charge is 2.28. The third kappa shape index (κ3) is 4.07. The van der Waals surface area contributed by atoms with E-state index in [0.717, 1.165) is 0 Å². The maximum atomic E-state index is 11.1. The highest BCUT2D eigenvalue weighted by molar-refractivity contribution is 5.99. The number of carbonyl (C=O) groups is 4. The monoisotopic (exact) mass is 384 g/mol. The molecule has 0 aromatic heterocycles. The van der Waals surface area contributed by atoms with Gasteiger partial charge in [-0.25, -0.2) is 19.2 Å². The van der Waals surface area contributed by atoms with E-state index in [4.69, 9.17) is 20.4 Å². The molecule has 28 heavy (non-hydrogen) atoms. The Hall–Kier alpha value is -3.94. The fourth-order valence-electron chi connectivity index (χ4n) is 2.80. The van der Waals surface area contributed by atoms with Crippen molar-refractivity contribution in [2.24, 2.45) is 0 Å². The number of hydrogen-bond donors (Lipinski definition) is 4. The van der Waals surface area contributed by atoms with Crippen LogP contribution in [0.15, 0.2) is 36.9 Å². The van der Waals surface area contributed by atoms with Crippen LogP contribution >= 0.6 is 0 Å². The molecular formula is C20H16O8. The minimum atomic E-state index is -1.06. The zero-order valence-electron chi connectivity index (χ0n) is 14.5. The third-order valence-corrected chi connectivity index (χ3v) is 4.25. The van der Waals surface area contributed by atoms with Gasteiger partial charge in [-0.15, -0.1) is 0 Å². The summed E-state index contributed by atoms with van der Waals surface area (Å²) in [6.07, 6.45) is 2.64. The fraction of sp³-hybridized carbons (Fsp3) is 0.100. The number of aromatic carboxylic acids is 4. The lowest BCUT2D eigenvalue weighted by Crippen LogP contribution is -2.21. The van der Waals surface area contributed by atoms with Gasteiger partial charge in [0.05, 0.1) is 22.3 Å². The molecule has 8 heteroatoms. The highest BCUT2D eigenvalue weighted by Crippen LogP contribution is 2.33. The van der Waals surface area contributed by atoms with Crippen LogP contribution in [0.25, 0.3) is 6.08 Å². The zero-order chi connectivity index (χ0) is 21.0. The lowest BCUT2D eigenvalue weighted by Gasteiger charge is -2.24. The van der Waals surface area contributed by atoms with Crippen LogP contribution in [0.2, 0.25) is 0 Å². The van der Waals surface area contributed by atoms with Crippen LogP contribution in [0.3, 0.4) is 0 Å². The highest BCUT2D eigenvalue weighted by atomic mass is 16.4. The van der Waals surface area contributed by atoms with Gasteiger partial charge in [0.15, 0.2) is 0 Å². The minimum absolute atomic E-state index is 0.0833. The van der Waals surface area contributed by atoms with Crippen molar-refractivity contribution in [2.75, 3.05) is 0 Å². The number of hydrogen-bond acceptors (Lipinski definition) is 4. The first kappa shape index (κ1) is 20.4. The second kappa shape index (κ2) is 8.17. The van der Waals surface area contributed by atoms with Crippen molar-refractivity contribution in [1.82, 2.24) is 0 Å². The molecular weight excluding hydrogens is 368 g/mol. The zero-order valence-corrected chi connectivity index (χ0v) is 14.5.